The molecule has 2 saturated carbocycles. The van der Waals surface area contributed by atoms with E-state index in [1.807, 2.05) is 36.7 Å². The Morgan fingerprint density at radius 1 is 0.857 bits per heavy atom. The lowest BCUT2D eigenvalue weighted by atomic mass is 9.78. The number of aromatic nitrogens is 6. The number of methoxy groups -OCH3 is 2. The van der Waals surface area contributed by atoms with Gasteiger partial charge in [0, 0.05) is 55.8 Å². The van der Waals surface area contributed by atoms with Crippen LogP contribution in [0, 0.1) is 17.8 Å². The van der Waals surface area contributed by atoms with E-state index in [-0.39, 0.29) is 29.7 Å². The van der Waals surface area contributed by atoms with Gasteiger partial charge < -0.3 is 35.0 Å². The number of carbonyl (C=O) groups is 3. The maximum absolute atomic E-state index is 13.6. The molecule has 1 aliphatic heterocycles. The quantitative estimate of drug-likeness (QED) is 0.123. The molecule has 1 saturated heterocycles. The molecule has 14 nitrogen and oxygen atoms in total. The molecule has 1 aromatic carbocycles. The fourth-order valence-corrected chi connectivity index (χ4v) is 8.92. The summed E-state index contributed by atoms with van der Waals surface area (Å²) in [4.78, 5) is 66.2. The second kappa shape index (κ2) is 16.1. The van der Waals surface area contributed by atoms with Crippen molar-refractivity contribution in [2.24, 2.45) is 17.8 Å². The molecule has 2 bridgehead atoms. The molecule has 5 aromatic rings. The van der Waals surface area contributed by atoms with Crippen LogP contribution in [-0.4, -0.2) is 85.6 Å². The minimum absolute atomic E-state index is 0.0799. The lowest BCUT2D eigenvalue weighted by Gasteiger charge is -2.30. The van der Waals surface area contributed by atoms with Crippen molar-refractivity contribution in [2.45, 2.75) is 69.7 Å². The highest BCUT2D eigenvalue weighted by Crippen LogP contribution is 2.56. The molecular weight excluding hydrogens is 711 g/mol. The number of fused-ring (bicyclic) bond motifs is 2. The van der Waals surface area contributed by atoms with Gasteiger partial charge in [-0.1, -0.05) is 30.3 Å². The number of amides is 3. The first kappa shape index (κ1) is 37.1. The van der Waals surface area contributed by atoms with E-state index in [2.05, 4.69) is 54.8 Å². The van der Waals surface area contributed by atoms with Crippen molar-refractivity contribution in [3.63, 3.8) is 0 Å². The van der Waals surface area contributed by atoms with E-state index in [1.165, 1.54) is 14.2 Å². The number of benzene rings is 1. The van der Waals surface area contributed by atoms with Gasteiger partial charge in [0.15, 0.2) is 0 Å². The Bertz CT molecular complexity index is 2150. The zero-order valence-electron chi connectivity index (χ0n) is 31.8. The zero-order valence-corrected chi connectivity index (χ0v) is 31.8. The number of nitrogens with zero attached hydrogens (tertiary/aromatic N) is 5. The van der Waals surface area contributed by atoms with Gasteiger partial charge in [-0.15, -0.1) is 0 Å². The molecule has 8 rings (SSSR count). The number of ether oxygens (including phenoxy) is 2. The average molecular weight is 758 g/mol. The Hall–Kier alpha value is -5.89. The minimum atomic E-state index is -0.895. The van der Waals surface area contributed by atoms with Gasteiger partial charge in [0.25, 0.3) is 0 Å². The van der Waals surface area contributed by atoms with Crippen LogP contribution < -0.4 is 10.6 Å². The summed E-state index contributed by atoms with van der Waals surface area (Å²) in [6.07, 6.45) is 12.6. The van der Waals surface area contributed by atoms with Crippen LogP contribution in [0.2, 0.25) is 0 Å². The molecule has 2 aliphatic carbocycles. The number of hydrogen-bond acceptors (Lipinski definition) is 9. The van der Waals surface area contributed by atoms with Crippen LogP contribution >= 0.6 is 0 Å². The summed E-state index contributed by atoms with van der Waals surface area (Å²) in [5.41, 5.74) is 6.40. The summed E-state index contributed by atoms with van der Waals surface area (Å²) in [5.74, 6) is 2.26. The maximum atomic E-state index is 13.6. The third-order valence-corrected chi connectivity index (χ3v) is 11.9. The summed E-state index contributed by atoms with van der Waals surface area (Å²) in [6.45, 7) is 2.75. The molecule has 5 unspecified atom stereocenters. The molecule has 290 valence electrons. The van der Waals surface area contributed by atoms with Gasteiger partial charge in [-0.05, 0) is 80.2 Å². The predicted molar refractivity (Wildman–Crippen MR) is 207 cm³/mol. The Kier molecular flexibility index (Phi) is 10.6. The van der Waals surface area contributed by atoms with Crippen LogP contribution in [0.1, 0.15) is 68.2 Å². The van der Waals surface area contributed by atoms with Crippen LogP contribution in [0.4, 0.5) is 4.79 Å². The van der Waals surface area contributed by atoms with Gasteiger partial charge in [-0.2, -0.15) is 0 Å². The van der Waals surface area contributed by atoms with Crippen LogP contribution in [0.15, 0.2) is 79.5 Å². The fourth-order valence-electron chi connectivity index (χ4n) is 8.92. The maximum Gasteiger partial charge on any atom is 0.407 e. The number of hydrogen-bond donors (Lipinski definition) is 4. The van der Waals surface area contributed by atoms with Gasteiger partial charge in [0.1, 0.15) is 17.7 Å². The summed E-state index contributed by atoms with van der Waals surface area (Å²) in [5, 5.41) is 5.79. The fraction of sp³-hybridized carbons (Fsp3) is 0.405. The third kappa shape index (κ3) is 7.40. The number of likely N-dealkylation sites (tertiary alicyclic amines) is 1. The van der Waals surface area contributed by atoms with Crippen molar-refractivity contribution in [1.82, 2.24) is 45.4 Å². The molecule has 0 radical (unpaired) electrons. The standard InChI is InChI=1S/C42H47N9O5/c1-24(55-2)37(50-42(54)56-3)41(53)51-17-5-7-34(51)38-45-23-33(48-38)30-14-15-31(44-21-30)26-8-10-27(11-9-26)32-22-46-39(49-32)35-28-12-13-29(18-28)36(35)40(52)47-20-25-6-4-16-43-19-25/h4,6,8-11,14-16,19,21-24,28-29,34-37H,5,7,12-13,17-18,20H2,1-3H3,(H,45,48)(H,46,49)(H,47,52)(H,50,54)/t24-,28?,29?,34?,35?,36?,37+/m1/s1. The molecule has 5 heterocycles. The zero-order chi connectivity index (χ0) is 38.8. The largest absolute Gasteiger partial charge is 0.453 e. The third-order valence-electron chi connectivity index (χ3n) is 11.9. The van der Waals surface area contributed by atoms with Gasteiger partial charge in [0.05, 0.1) is 54.6 Å². The normalized spacial score (nSPS) is 22.5. The molecule has 0 spiro atoms. The Morgan fingerprint density at radius 3 is 2.32 bits per heavy atom. The monoisotopic (exact) mass is 757 g/mol. The van der Waals surface area contributed by atoms with Crippen LogP contribution in [0.25, 0.3) is 33.8 Å². The number of alkyl carbamates (subject to hydrolysis) is 1. The van der Waals surface area contributed by atoms with Gasteiger partial charge in [-0.25, -0.2) is 14.8 Å². The van der Waals surface area contributed by atoms with Gasteiger partial charge in [0.2, 0.25) is 11.8 Å². The van der Waals surface area contributed by atoms with Crippen molar-refractivity contribution < 1.29 is 23.9 Å². The van der Waals surface area contributed by atoms with Crippen molar-refractivity contribution in [2.75, 3.05) is 20.8 Å². The molecule has 56 heavy (non-hydrogen) atoms. The summed E-state index contributed by atoms with van der Waals surface area (Å²) >= 11 is 0. The van der Waals surface area contributed by atoms with E-state index in [1.54, 1.807) is 30.4 Å². The number of imidazole rings is 2. The lowest BCUT2D eigenvalue weighted by molar-refractivity contribution is -0.137. The molecule has 14 heteroatoms. The molecule has 3 fully saturated rings. The van der Waals surface area contributed by atoms with E-state index >= 15 is 0 Å². The highest BCUT2D eigenvalue weighted by Gasteiger charge is 2.52. The first-order valence-corrected chi connectivity index (χ1v) is 19.3. The van der Waals surface area contributed by atoms with Crippen LogP contribution in [-0.2, 0) is 25.6 Å². The molecular formula is C42H47N9O5. The predicted octanol–water partition coefficient (Wildman–Crippen LogP) is 5.79. The highest BCUT2D eigenvalue weighted by molar-refractivity contribution is 5.87. The van der Waals surface area contributed by atoms with E-state index < -0.39 is 18.2 Å². The molecule has 3 amide bonds. The number of rotatable bonds is 12. The number of nitrogens with one attached hydrogen (secondary N) is 4. The van der Waals surface area contributed by atoms with Crippen molar-refractivity contribution in [3.8, 4) is 33.8 Å². The van der Waals surface area contributed by atoms with E-state index in [4.69, 9.17) is 19.4 Å². The van der Waals surface area contributed by atoms with Crippen molar-refractivity contribution >= 4 is 17.9 Å². The molecule has 7 atom stereocenters. The van der Waals surface area contributed by atoms with E-state index in [9.17, 15) is 14.4 Å². The van der Waals surface area contributed by atoms with Crippen molar-refractivity contribution in [1.29, 1.82) is 0 Å². The second-order valence-electron chi connectivity index (χ2n) is 15.1. The topological polar surface area (TPSA) is 180 Å². The smallest absolute Gasteiger partial charge is 0.407 e. The first-order valence-electron chi connectivity index (χ1n) is 19.3. The van der Waals surface area contributed by atoms with Gasteiger partial charge >= 0.3 is 6.09 Å². The Labute approximate surface area is 325 Å². The Balaban J connectivity index is 0.918. The first-order chi connectivity index (χ1) is 27.3. The minimum Gasteiger partial charge on any atom is -0.453 e. The molecule has 4 aromatic heterocycles. The van der Waals surface area contributed by atoms with E-state index in [0.717, 1.165) is 77.3 Å². The van der Waals surface area contributed by atoms with Crippen molar-refractivity contribution in [3.05, 3.63) is 96.7 Å². The number of carbonyl (C=O) groups excluding carboxylic acids is 3. The summed E-state index contributed by atoms with van der Waals surface area (Å²) in [7, 11) is 2.76. The number of aromatic amines is 2. The molecule has 4 N–H and O–H groups in total. The average Bonchev–Trinajstić information content (AvgIpc) is 4.10. The van der Waals surface area contributed by atoms with Crippen LogP contribution in [0.5, 0.6) is 0 Å². The summed E-state index contributed by atoms with van der Waals surface area (Å²) in [6, 6.07) is 14.9. The summed E-state index contributed by atoms with van der Waals surface area (Å²) < 4.78 is 10.1. The lowest BCUT2D eigenvalue weighted by Crippen LogP contribution is -2.54. The number of H-pyrrole nitrogens is 2. The van der Waals surface area contributed by atoms with E-state index in [0.29, 0.717) is 30.7 Å². The SMILES string of the molecule is COC(=O)N[C@H](C(=O)N1CCCC1c1ncc(-c2ccc(-c3ccc(-c4cnc(C5C6CCC(C6)C5C(=O)NCc5cccnc5)[nH]4)cc3)nc2)[nH]1)[C@@H](C)OC. The Morgan fingerprint density at radius 2 is 1.59 bits per heavy atom. The van der Waals surface area contributed by atoms with Gasteiger partial charge in [-0.3, -0.25) is 19.6 Å². The second-order valence-corrected chi connectivity index (χ2v) is 15.1. The number of pyridine rings is 2. The highest BCUT2D eigenvalue weighted by atomic mass is 16.5. The molecule has 3 aliphatic rings. The van der Waals surface area contributed by atoms with Crippen LogP contribution in [0.3, 0.4) is 0 Å².